The summed E-state index contributed by atoms with van der Waals surface area (Å²) in [7, 11) is 1.62. The molecule has 0 spiro atoms. The van der Waals surface area contributed by atoms with Gasteiger partial charge in [0.25, 0.3) is 0 Å². The lowest BCUT2D eigenvalue weighted by Gasteiger charge is -2.29. The SMILES string of the molecule is COc1ccccc1NC(=O)[C@H](C)N1CCCCCCC1. The van der Waals surface area contributed by atoms with E-state index in [1.807, 2.05) is 31.2 Å². The maximum atomic E-state index is 12.5. The highest BCUT2D eigenvalue weighted by Crippen LogP contribution is 2.23. The summed E-state index contributed by atoms with van der Waals surface area (Å²) in [4.78, 5) is 14.8. The third-order valence-corrected chi connectivity index (χ3v) is 4.18. The number of methoxy groups -OCH3 is 1. The number of rotatable bonds is 4. The van der Waals surface area contributed by atoms with E-state index >= 15 is 0 Å². The second-order valence-electron chi connectivity index (χ2n) is 5.67. The number of benzene rings is 1. The monoisotopic (exact) mass is 290 g/mol. The van der Waals surface area contributed by atoms with Gasteiger partial charge in [-0.05, 0) is 45.0 Å². The molecule has 21 heavy (non-hydrogen) atoms. The van der Waals surface area contributed by atoms with Crippen LogP contribution in [0.25, 0.3) is 0 Å². The molecule has 0 aromatic heterocycles. The molecule has 116 valence electrons. The van der Waals surface area contributed by atoms with Gasteiger partial charge in [0.2, 0.25) is 5.91 Å². The van der Waals surface area contributed by atoms with E-state index in [2.05, 4.69) is 10.2 Å². The number of amides is 1. The Labute approximate surface area is 127 Å². The predicted octanol–water partition coefficient (Wildman–Crippen LogP) is 3.29. The van der Waals surface area contributed by atoms with Crippen molar-refractivity contribution in [2.75, 3.05) is 25.5 Å². The second kappa shape index (κ2) is 8.03. The van der Waals surface area contributed by atoms with Gasteiger partial charge in [0.05, 0.1) is 18.8 Å². The average molecular weight is 290 g/mol. The highest BCUT2D eigenvalue weighted by molar-refractivity contribution is 5.95. The molecule has 1 aromatic rings. The van der Waals surface area contributed by atoms with E-state index in [9.17, 15) is 4.79 Å². The molecule has 4 heteroatoms. The molecule has 1 aliphatic rings. The normalized spacial score (nSPS) is 18.4. The third-order valence-electron chi connectivity index (χ3n) is 4.18. The van der Waals surface area contributed by atoms with Crippen LogP contribution in [0, 0.1) is 0 Å². The minimum atomic E-state index is -0.104. The number of carbonyl (C=O) groups is 1. The fourth-order valence-electron chi connectivity index (χ4n) is 2.81. The summed E-state index contributed by atoms with van der Waals surface area (Å²) in [5.74, 6) is 0.741. The van der Waals surface area contributed by atoms with Crippen LogP contribution in [0.4, 0.5) is 5.69 Å². The van der Waals surface area contributed by atoms with Gasteiger partial charge in [-0.1, -0.05) is 31.4 Å². The lowest BCUT2D eigenvalue weighted by Crippen LogP contribution is -2.43. The fraction of sp³-hybridized carbons (Fsp3) is 0.588. The summed E-state index contributed by atoms with van der Waals surface area (Å²) in [6.07, 6.45) is 6.25. The molecule has 0 bridgehead atoms. The third kappa shape index (κ3) is 4.46. The first-order chi connectivity index (χ1) is 10.2. The first kappa shape index (κ1) is 15.8. The number of nitrogens with one attached hydrogen (secondary N) is 1. The Balaban J connectivity index is 1.97. The van der Waals surface area contributed by atoms with E-state index in [-0.39, 0.29) is 11.9 Å². The van der Waals surface area contributed by atoms with Crippen molar-refractivity contribution in [3.63, 3.8) is 0 Å². The smallest absolute Gasteiger partial charge is 0.241 e. The molecule has 0 saturated carbocycles. The quantitative estimate of drug-likeness (QED) is 0.925. The van der Waals surface area contributed by atoms with Gasteiger partial charge in [-0.25, -0.2) is 0 Å². The maximum Gasteiger partial charge on any atom is 0.241 e. The number of carbonyl (C=O) groups excluding carboxylic acids is 1. The van der Waals surface area contributed by atoms with E-state index in [1.165, 1.54) is 32.1 Å². The lowest BCUT2D eigenvalue weighted by molar-refractivity contribution is -0.120. The molecule has 1 N–H and O–H groups in total. The Morgan fingerprint density at radius 3 is 2.43 bits per heavy atom. The van der Waals surface area contributed by atoms with Crippen LogP contribution in [-0.2, 0) is 4.79 Å². The zero-order chi connectivity index (χ0) is 15.1. The zero-order valence-corrected chi connectivity index (χ0v) is 13.1. The minimum Gasteiger partial charge on any atom is -0.495 e. The van der Waals surface area contributed by atoms with Gasteiger partial charge in [0, 0.05) is 0 Å². The van der Waals surface area contributed by atoms with Crippen molar-refractivity contribution in [1.29, 1.82) is 0 Å². The Hall–Kier alpha value is -1.55. The molecule has 4 nitrogen and oxygen atoms in total. The van der Waals surface area contributed by atoms with Crippen molar-refractivity contribution in [2.45, 2.75) is 45.1 Å². The second-order valence-corrected chi connectivity index (χ2v) is 5.67. The summed E-state index contributed by atoms with van der Waals surface area (Å²) >= 11 is 0. The predicted molar refractivity (Wildman–Crippen MR) is 85.7 cm³/mol. The number of ether oxygens (including phenoxy) is 1. The van der Waals surface area contributed by atoms with Crippen LogP contribution in [-0.4, -0.2) is 37.0 Å². The highest BCUT2D eigenvalue weighted by atomic mass is 16.5. The molecule has 1 atom stereocenters. The van der Waals surface area contributed by atoms with Crippen LogP contribution in [0.15, 0.2) is 24.3 Å². The topological polar surface area (TPSA) is 41.6 Å². The first-order valence-corrected chi connectivity index (χ1v) is 7.90. The Kier molecular flexibility index (Phi) is 6.05. The lowest BCUT2D eigenvalue weighted by atomic mass is 10.1. The Morgan fingerprint density at radius 1 is 1.14 bits per heavy atom. The molecule has 2 rings (SSSR count). The molecule has 0 aliphatic carbocycles. The molecule has 1 aromatic carbocycles. The summed E-state index contributed by atoms with van der Waals surface area (Å²) in [5, 5.41) is 2.99. The van der Waals surface area contributed by atoms with Crippen molar-refractivity contribution in [3.05, 3.63) is 24.3 Å². The largest absolute Gasteiger partial charge is 0.495 e. The van der Waals surface area contributed by atoms with Crippen LogP contribution >= 0.6 is 0 Å². The molecule has 0 unspecified atom stereocenters. The van der Waals surface area contributed by atoms with Crippen LogP contribution in [0.1, 0.15) is 39.0 Å². The van der Waals surface area contributed by atoms with Crippen LogP contribution in [0.2, 0.25) is 0 Å². The van der Waals surface area contributed by atoms with Crippen molar-refractivity contribution >= 4 is 11.6 Å². The molecule has 1 fully saturated rings. The molecule has 1 heterocycles. The molecular weight excluding hydrogens is 264 g/mol. The van der Waals surface area contributed by atoms with Gasteiger partial charge in [-0.3, -0.25) is 9.69 Å². The van der Waals surface area contributed by atoms with Crippen molar-refractivity contribution in [1.82, 2.24) is 4.90 Å². The van der Waals surface area contributed by atoms with E-state index < -0.39 is 0 Å². The molecule has 1 aliphatic heterocycles. The standard InChI is InChI=1S/C17H26N2O2/c1-14(19-12-8-4-3-5-9-13-19)17(20)18-15-10-6-7-11-16(15)21-2/h6-7,10-11,14H,3-5,8-9,12-13H2,1-2H3,(H,18,20)/t14-/m0/s1. The van der Waals surface area contributed by atoms with E-state index in [4.69, 9.17) is 4.74 Å². The number of nitrogens with zero attached hydrogens (tertiary/aromatic N) is 1. The molecule has 1 saturated heterocycles. The zero-order valence-electron chi connectivity index (χ0n) is 13.1. The number of likely N-dealkylation sites (tertiary alicyclic amines) is 1. The minimum absolute atomic E-state index is 0.0417. The summed E-state index contributed by atoms with van der Waals surface area (Å²) in [6, 6.07) is 7.43. The Bertz CT molecular complexity index is 454. The van der Waals surface area contributed by atoms with E-state index in [0.717, 1.165) is 18.8 Å². The van der Waals surface area contributed by atoms with Crippen molar-refractivity contribution in [3.8, 4) is 5.75 Å². The Morgan fingerprint density at radius 2 is 1.76 bits per heavy atom. The number of hydrogen-bond donors (Lipinski definition) is 1. The van der Waals surface area contributed by atoms with Crippen LogP contribution < -0.4 is 10.1 Å². The molecular formula is C17H26N2O2. The highest BCUT2D eigenvalue weighted by Gasteiger charge is 2.22. The van der Waals surface area contributed by atoms with Crippen molar-refractivity contribution < 1.29 is 9.53 Å². The number of para-hydroxylation sites is 2. The summed E-state index contributed by atoms with van der Waals surface area (Å²) in [5.41, 5.74) is 0.740. The summed E-state index contributed by atoms with van der Waals surface area (Å²) < 4.78 is 5.28. The van der Waals surface area contributed by atoms with Gasteiger partial charge in [0.1, 0.15) is 5.75 Å². The van der Waals surface area contributed by atoms with Crippen molar-refractivity contribution in [2.24, 2.45) is 0 Å². The fourth-order valence-corrected chi connectivity index (χ4v) is 2.81. The number of anilines is 1. The summed E-state index contributed by atoms with van der Waals surface area (Å²) in [6.45, 7) is 4.02. The van der Waals surface area contributed by atoms with Gasteiger partial charge in [0.15, 0.2) is 0 Å². The van der Waals surface area contributed by atoms with Crippen LogP contribution in [0.5, 0.6) is 5.75 Å². The van der Waals surface area contributed by atoms with Crippen LogP contribution in [0.3, 0.4) is 0 Å². The average Bonchev–Trinajstić information content (AvgIpc) is 2.47. The van der Waals surface area contributed by atoms with E-state index in [0.29, 0.717) is 5.75 Å². The number of hydrogen-bond acceptors (Lipinski definition) is 3. The van der Waals surface area contributed by atoms with Gasteiger partial charge in [-0.2, -0.15) is 0 Å². The van der Waals surface area contributed by atoms with Gasteiger partial charge in [-0.15, -0.1) is 0 Å². The molecule has 1 amide bonds. The maximum absolute atomic E-state index is 12.5. The first-order valence-electron chi connectivity index (χ1n) is 7.90. The van der Waals surface area contributed by atoms with E-state index in [1.54, 1.807) is 7.11 Å². The molecule has 0 radical (unpaired) electrons. The van der Waals surface area contributed by atoms with Gasteiger partial charge < -0.3 is 10.1 Å². The van der Waals surface area contributed by atoms with Gasteiger partial charge >= 0.3 is 0 Å².